The lowest BCUT2D eigenvalue weighted by molar-refractivity contribution is -0.140. The predicted molar refractivity (Wildman–Crippen MR) is 58.2 cm³/mol. The summed E-state index contributed by atoms with van der Waals surface area (Å²) in [6.07, 6.45) is 1.89. The van der Waals surface area contributed by atoms with Gasteiger partial charge < -0.3 is 9.53 Å². The summed E-state index contributed by atoms with van der Waals surface area (Å²) >= 11 is 0. The fraction of sp³-hybridized carbons (Fsp3) is 0.500. The van der Waals surface area contributed by atoms with Crippen molar-refractivity contribution in [3.05, 3.63) is 12.7 Å². The second kappa shape index (κ2) is 6.35. The van der Waals surface area contributed by atoms with Crippen LogP contribution in [0.2, 0.25) is 0 Å². The molecule has 2 unspecified atom stereocenters. The lowest BCUT2D eigenvalue weighted by Crippen LogP contribution is -2.40. The van der Waals surface area contributed by atoms with Gasteiger partial charge >= 0.3 is 5.97 Å². The zero-order valence-corrected chi connectivity index (χ0v) is 12.2. The van der Waals surface area contributed by atoms with Gasteiger partial charge in [-0.2, -0.15) is 0 Å². The molecule has 6 heteroatoms. The predicted octanol–water partition coefficient (Wildman–Crippen LogP) is -2.30. The summed E-state index contributed by atoms with van der Waals surface area (Å²) in [5, 5.41) is 0. The van der Waals surface area contributed by atoms with E-state index in [1.807, 2.05) is 6.92 Å². The van der Waals surface area contributed by atoms with Crippen LogP contribution < -0.4 is 0 Å². The fourth-order valence-corrected chi connectivity index (χ4v) is 9.85. The summed E-state index contributed by atoms with van der Waals surface area (Å²) in [5.74, 6) is -0.405. The smallest absolute Gasteiger partial charge is 0.330 e. The monoisotopic (exact) mass is 220 g/mol. The Hall–Kier alpha value is -0.179. The number of hydrogen-bond donors (Lipinski definition) is 1. The fourth-order valence-electron chi connectivity index (χ4n) is 0.894. The van der Waals surface area contributed by atoms with Gasteiger partial charge in [-0.15, -0.1) is 0 Å². The van der Waals surface area contributed by atoms with Crippen molar-refractivity contribution < 1.29 is 14.3 Å². The molecule has 2 atom stereocenters. The van der Waals surface area contributed by atoms with Gasteiger partial charge in [-0.1, -0.05) is 13.5 Å². The van der Waals surface area contributed by atoms with Crippen molar-refractivity contribution >= 4 is 32.8 Å². The first-order valence-corrected chi connectivity index (χ1v) is 14.3. The van der Waals surface area contributed by atoms with E-state index in [1.54, 1.807) is 0 Å². The van der Waals surface area contributed by atoms with E-state index in [-0.39, 0.29) is 14.3 Å². The van der Waals surface area contributed by atoms with Crippen LogP contribution in [0.1, 0.15) is 13.3 Å². The molecule has 12 heavy (non-hydrogen) atoms. The Morgan fingerprint density at radius 3 is 2.92 bits per heavy atom. The van der Waals surface area contributed by atoms with E-state index in [2.05, 4.69) is 6.58 Å². The molecule has 0 spiro atoms. The molecule has 0 aromatic heterocycles. The maximum absolute atomic E-state index is 10.8. The van der Waals surface area contributed by atoms with Crippen molar-refractivity contribution in [2.45, 2.75) is 19.1 Å². The SMILES string of the molecule is C=CC(=O)OC(CC)[SiH](O)[SiH2][SiH3]. The lowest BCUT2D eigenvalue weighted by atomic mass is 10.5. The van der Waals surface area contributed by atoms with E-state index < -0.39 is 14.5 Å². The number of esters is 1. The molecule has 0 radical (unpaired) electrons. The molecule has 0 aromatic carbocycles. The third kappa shape index (κ3) is 4.00. The molecule has 0 fully saturated rings. The summed E-state index contributed by atoms with van der Waals surface area (Å²) in [7, 11) is -0.795. The van der Waals surface area contributed by atoms with Gasteiger partial charge in [0.2, 0.25) is 0 Å². The second-order valence-electron chi connectivity index (χ2n) is 2.56. The summed E-state index contributed by atoms with van der Waals surface area (Å²) in [6.45, 7) is 5.25. The van der Waals surface area contributed by atoms with Gasteiger partial charge in [0, 0.05) is 14.6 Å². The largest absolute Gasteiger partial charge is 0.461 e. The molecule has 0 aromatic rings. The molecule has 0 aliphatic carbocycles. The number of ether oxygens (including phenoxy) is 1. The molecule has 0 aliphatic rings. The zero-order valence-electron chi connectivity index (χ0n) is 7.62. The van der Waals surface area contributed by atoms with Crippen LogP contribution in [0, 0.1) is 0 Å². The van der Waals surface area contributed by atoms with Gasteiger partial charge in [-0.25, -0.2) is 4.79 Å². The molecule has 3 nitrogen and oxygen atoms in total. The number of rotatable bonds is 5. The van der Waals surface area contributed by atoms with Crippen molar-refractivity contribution in [3.8, 4) is 0 Å². The third-order valence-electron chi connectivity index (χ3n) is 1.68. The van der Waals surface area contributed by atoms with Crippen LogP contribution in [-0.4, -0.2) is 43.4 Å². The van der Waals surface area contributed by atoms with E-state index in [1.165, 1.54) is 0 Å². The summed E-state index contributed by atoms with van der Waals surface area (Å²) in [4.78, 5) is 20.4. The van der Waals surface area contributed by atoms with E-state index in [4.69, 9.17) is 4.74 Å². The topological polar surface area (TPSA) is 46.5 Å². The zero-order chi connectivity index (χ0) is 9.56. The first-order valence-electron chi connectivity index (χ1n) is 4.16. The highest BCUT2D eigenvalue weighted by Gasteiger charge is 2.20. The molecule has 0 bridgehead atoms. The highest BCUT2D eigenvalue weighted by molar-refractivity contribution is 7.29. The van der Waals surface area contributed by atoms with Crippen molar-refractivity contribution in [3.63, 3.8) is 0 Å². The van der Waals surface area contributed by atoms with Crippen LogP contribution >= 0.6 is 0 Å². The first-order chi connectivity index (χ1) is 5.65. The Morgan fingerprint density at radius 1 is 2.00 bits per heavy atom. The summed E-state index contributed by atoms with van der Waals surface area (Å²) in [5.41, 5.74) is -0.167. The first kappa shape index (κ1) is 11.8. The standard InChI is InChI=1S/C6H16O3Si3/c1-3-5(7)9-6(4-2)12(8)11-10/h3,6,8,12H,1,4,11H2,2,10H3. The number of carbonyl (C=O) groups excluding carboxylic acids is 1. The van der Waals surface area contributed by atoms with E-state index >= 15 is 0 Å². The van der Waals surface area contributed by atoms with E-state index in [0.29, 0.717) is 0 Å². The van der Waals surface area contributed by atoms with Gasteiger partial charge in [0.15, 0.2) is 8.56 Å². The minimum Gasteiger partial charge on any atom is -0.461 e. The Bertz CT molecular complexity index is 162. The van der Waals surface area contributed by atoms with Crippen LogP contribution in [0.25, 0.3) is 0 Å². The second-order valence-corrected chi connectivity index (χ2v) is 17.6. The highest BCUT2D eigenvalue weighted by atomic mass is 29.5. The van der Waals surface area contributed by atoms with Crippen LogP contribution in [0.3, 0.4) is 0 Å². The van der Waals surface area contributed by atoms with E-state index in [0.717, 1.165) is 22.3 Å². The summed E-state index contributed by atoms with van der Waals surface area (Å²) < 4.78 is 5.01. The lowest BCUT2D eigenvalue weighted by Gasteiger charge is -2.18. The molecule has 0 rings (SSSR count). The third-order valence-corrected chi connectivity index (χ3v) is 15.6. The maximum atomic E-state index is 10.8. The molecular formula is C6H16O3Si3. The Labute approximate surface area is 79.4 Å². The van der Waals surface area contributed by atoms with Gasteiger partial charge in [0.25, 0.3) is 0 Å². The molecule has 1 N–H and O–H groups in total. The van der Waals surface area contributed by atoms with Crippen molar-refractivity contribution in [2.75, 3.05) is 0 Å². The molecule has 0 amide bonds. The van der Waals surface area contributed by atoms with Crippen LogP contribution in [0.5, 0.6) is 0 Å². The minimum absolute atomic E-state index is 0.167. The highest BCUT2D eigenvalue weighted by Crippen LogP contribution is 2.00. The van der Waals surface area contributed by atoms with Gasteiger partial charge in [-0.3, -0.25) is 0 Å². The van der Waals surface area contributed by atoms with Crippen LogP contribution in [-0.2, 0) is 9.53 Å². The molecule has 70 valence electrons. The van der Waals surface area contributed by atoms with Gasteiger partial charge in [0.05, 0.1) is 0 Å². The average molecular weight is 220 g/mol. The Kier molecular flexibility index (Phi) is 6.25. The van der Waals surface area contributed by atoms with Crippen LogP contribution in [0.15, 0.2) is 12.7 Å². The maximum Gasteiger partial charge on any atom is 0.330 e. The summed E-state index contributed by atoms with van der Waals surface area (Å²) in [6, 6.07) is 0. The number of hydrogen-bond acceptors (Lipinski definition) is 3. The Balaban J connectivity index is 3.98. The minimum atomic E-state index is -1.66. The van der Waals surface area contributed by atoms with Gasteiger partial charge in [-0.05, 0) is 16.2 Å². The molecule has 0 heterocycles. The molecular weight excluding hydrogens is 204 g/mol. The molecule has 0 saturated carbocycles. The number of carbonyl (C=O) groups is 1. The molecule has 0 saturated heterocycles. The Morgan fingerprint density at radius 2 is 2.58 bits per heavy atom. The quantitative estimate of drug-likeness (QED) is 0.322. The van der Waals surface area contributed by atoms with Crippen LogP contribution in [0.4, 0.5) is 0 Å². The van der Waals surface area contributed by atoms with Crippen molar-refractivity contribution in [2.24, 2.45) is 0 Å². The van der Waals surface area contributed by atoms with E-state index in [9.17, 15) is 9.59 Å². The molecule has 0 aliphatic heterocycles. The van der Waals surface area contributed by atoms with Gasteiger partial charge in [0.1, 0.15) is 5.73 Å². The van der Waals surface area contributed by atoms with Crippen molar-refractivity contribution in [1.82, 2.24) is 0 Å². The average Bonchev–Trinajstić information content (AvgIpc) is 2.12. The normalized spacial score (nSPS) is 16.2. The van der Waals surface area contributed by atoms with Crippen molar-refractivity contribution in [1.29, 1.82) is 0 Å².